The van der Waals surface area contributed by atoms with Gasteiger partial charge in [0.15, 0.2) is 0 Å². The van der Waals surface area contributed by atoms with Gasteiger partial charge in [0.1, 0.15) is 11.8 Å². The molecule has 1 atom stereocenters. The second-order valence-corrected chi connectivity index (χ2v) is 7.75. The van der Waals surface area contributed by atoms with E-state index in [9.17, 15) is 14.4 Å². The van der Waals surface area contributed by atoms with E-state index in [0.29, 0.717) is 5.69 Å². The molecule has 1 aliphatic carbocycles. The number of nitrogens with zero attached hydrogens (tertiary/aromatic N) is 4. The highest BCUT2D eigenvalue weighted by Crippen LogP contribution is 2.19. The summed E-state index contributed by atoms with van der Waals surface area (Å²) in [6, 6.07) is 9.58. The fourth-order valence-corrected chi connectivity index (χ4v) is 3.76. The average molecular weight is 435 g/mol. The molecule has 3 aromatic rings. The van der Waals surface area contributed by atoms with E-state index in [1.54, 1.807) is 32.2 Å². The first-order valence-corrected chi connectivity index (χ1v) is 10.6. The van der Waals surface area contributed by atoms with Crippen LogP contribution in [0.15, 0.2) is 52.3 Å². The Labute approximate surface area is 184 Å². The third-order valence-corrected chi connectivity index (χ3v) is 5.65. The number of benzene rings is 1. The molecule has 0 bridgehead atoms. The Morgan fingerprint density at radius 3 is 2.66 bits per heavy atom. The summed E-state index contributed by atoms with van der Waals surface area (Å²) in [7, 11) is 1.59. The van der Waals surface area contributed by atoms with Gasteiger partial charge in [0.2, 0.25) is 5.91 Å². The first-order valence-electron chi connectivity index (χ1n) is 10.6. The van der Waals surface area contributed by atoms with Crippen LogP contribution in [0.2, 0.25) is 0 Å². The zero-order chi connectivity index (χ0) is 22.7. The molecule has 2 heterocycles. The van der Waals surface area contributed by atoms with Crippen molar-refractivity contribution in [2.45, 2.75) is 38.8 Å². The number of amides is 1. The summed E-state index contributed by atoms with van der Waals surface area (Å²) in [6.45, 7) is 2.13. The van der Waals surface area contributed by atoms with E-state index in [0.717, 1.165) is 41.8 Å². The Morgan fingerprint density at radius 1 is 1.16 bits per heavy atom. The van der Waals surface area contributed by atoms with Crippen LogP contribution in [0.3, 0.4) is 0 Å². The molecule has 1 aliphatic rings. The summed E-state index contributed by atoms with van der Waals surface area (Å²) >= 11 is 0. The molecule has 1 N–H and O–H groups in total. The van der Waals surface area contributed by atoms with Crippen molar-refractivity contribution in [3.8, 4) is 17.0 Å². The summed E-state index contributed by atoms with van der Waals surface area (Å²) < 4.78 is 7.80. The number of nitrogens with one attached hydrogen (secondary N) is 1. The standard InChI is InChI=1S/C23H25N5O4/c1-15(28-22(30)12-17-4-3-5-19(17)26-28)23(31)24-10-11-27-14-25-20(13-21(27)29)16-6-8-18(32-2)9-7-16/h6-9,12-15H,3-5,10-11H2,1-2H3,(H,24,31)/t15-/m0/s1. The Hall–Kier alpha value is -3.75. The molecule has 0 saturated heterocycles. The molecular weight excluding hydrogens is 410 g/mol. The summed E-state index contributed by atoms with van der Waals surface area (Å²) in [5.74, 6) is 0.401. The molecule has 0 fully saturated rings. The minimum absolute atomic E-state index is 0.218. The largest absolute Gasteiger partial charge is 0.497 e. The van der Waals surface area contributed by atoms with Gasteiger partial charge < -0.3 is 10.1 Å². The van der Waals surface area contributed by atoms with Crippen LogP contribution in [0.5, 0.6) is 5.75 Å². The lowest BCUT2D eigenvalue weighted by atomic mass is 10.1. The first-order chi connectivity index (χ1) is 15.5. The fourth-order valence-electron chi connectivity index (χ4n) is 3.76. The first kappa shape index (κ1) is 21.5. The maximum Gasteiger partial charge on any atom is 0.267 e. The minimum atomic E-state index is -0.735. The van der Waals surface area contributed by atoms with E-state index in [1.807, 2.05) is 12.1 Å². The summed E-state index contributed by atoms with van der Waals surface area (Å²) in [4.78, 5) is 41.6. The predicted octanol–water partition coefficient (Wildman–Crippen LogP) is 1.34. The maximum atomic E-state index is 12.5. The summed E-state index contributed by atoms with van der Waals surface area (Å²) in [5.41, 5.74) is 2.74. The average Bonchev–Trinajstić information content (AvgIpc) is 3.26. The van der Waals surface area contributed by atoms with Crippen LogP contribution < -0.4 is 21.2 Å². The number of rotatable bonds is 7. The monoisotopic (exact) mass is 435 g/mol. The molecular formula is C23H25N5O4. The van der Waals surface area contributed by atoms with Crippen LogP contribution >= 0.6 is 0 Å². The van der Waals surface area contributed by atoms with Crippen molar-refractivity contribution in [1.82, 2.24) is 24.6 Å². The van der Waals surface area contributed by atoms with Crippen molar-refractivity contribution in [3.05, 3.63) is 74.7 Å². The molecule has 0 aliphatic heterocycles. The molecule has 4 rings (SSSR count). The van der Waals surface area contributed by atoms with Crippen LogP contribution in [0.25, 0.3) is 11.3 Å². The van der Waals surface area contributed by atoms with Crippen LogP contribution in [0.1, 0.15) is 30.6 Å². The van der Waals surface area contributed by atoms with Gasteiger partial charge in [-0.15, -0.1) is 0 Å². The van der Waals surface area contributed by atoms with Gasteiger partial charge >= 0.3 is 0 Å². The summed E-state index contributed by atoms with van der Waals surface area (Å²) in [6.07, 6.45) is 4.13. The number of carbonyl (C=O) groups excluding carboxylic acids is 1. The number of methoxy groups -OCH3 is 1. The van der Waals surface area contributed by atoms with Crippen LogP contribution in [0, 0.1) is 0 Å². The SMILES string of the molecule is COc1ccc(-c2cc(=O)n(CCNC(=O)[C@H](C)n3nc4c(cc3=O)CCC4)cn2)cc1. The van der Waals surface area contributed by atoms with Crippen molar-refractivity contribution >= 4 is 5.91 Å². The lowest BCUT2D eigenvalue weighted by Crippen LogP contribution is -2.39. The normalized spacial score (nSPS) is 13.4. The Kier molecular flexibility index (Phi) is 6.16. The third-order valence-electron chi connectivity index (χ3n) is 5.65. The molecule has 1 amide bonds. The predicted molar refractivity (Wildman–Crippen MR) is 119 cm³/mol. The minimum Gasteiger partial charge on any atom is -0.497 e. The maximum absolute atomic E-state index is 12.5. The van der Waals surface area contributed by atoms with Crippen molar-refractivity contribution in [2.24, 2.45) is 0 Å². The van der Waals surface area contributed by atoms with Gasteiger partial charge in [-0.2, -0.15) is 5.10 Å². The molecule has 1 aromatic carbocycles. The second kappa shape index (κ2) is 9.17. The number of aryl methyl sites for hydroxylation is 2. The highest BCUT2D eigenvalue weighted by molar-refractivity contribution is 5.79. The number of hydrogen-bond donors (Lipinski definition) is 1. The van der Waals surface area contributed by atoms with Gasteiger partial charge in [-0.25, -0.2) is 9.67 Å². The summed E-state index contributed by atoms with van der Waals surface area (Å²) in [5, 5.41) is 7.14. The van der Waals surface area contributed by atoms with Gasteiger partial charge in [0, 0.05) is 30.8 Å². The fraction of sp³-hybridized carbons (Fsp3) is 0.348. The van der Waals surface area contributed by atoms with Gasteiger partial charge in [-0.05, 0) is 56.0 Å². The Balaban J connectivity index is 1.37. The highest BCUT2D eigenvalue weighted by Gasteiger charge is 2.21. The van der Waals surface area contributed by atoms with E-state index < -0.39 is 6.04 Å². The molecule has 0 unspecified atom stereocenters. The molecule has 0 spiro atoms. The molecule has 0 radical (unpaired) electrons. The van der Waals surface area contributed by atoms with E-state index in [2.05, 4.69) is 15.4 Å². The molecule has 2 aromatic heterocycles. The van der Waals surface area contributed by atoms with Crippen molar-refractivity contribution in [2.75, 3.05) is 13.7 Å². The van der Waals surface area contributed by atoms with Crippen LogP contribution in [-0.4, -0.2) is 38.9 Å². The number of hydrogen-bond acceptors (Lipinski definition) is 6. The lowest BCUT2D eigenvalue weighted by molar-refractivity contribution is -0.124. The topological polar surface area (TPSA) is 108 Å². The Bertz CT molecular complexity index is 1250. The van der Waals surface area contributed by atoms with Gasteiger partial charge in [0.25, 0.3) is 11.1 Å². The highest BCUT2D eigenvalue weighted by atomic mass is 16.5. The Morgan fingerprint density at radius 2 is 1.94 bits per heavy atom. The third kappa shape index (κ3) is 4.46. The number of ether oxygens (including phenoxy) is 1. The molecule has 32 heavy (non-hydrogen) atoms. The molecule has 9 heteroatoms. The van der Waals surface area contributed by atoms with Crippen LogP contribution in [-0.2, 0) is 24.2 Å². The molecule has 166 valence electrons. The van der Waals surface area contributed by atoms with Crippen molar-refractivity contribution in [1.29, 1.82) is 0 Å². The van der Waals surface area contributed by atoms with E-state index in [4.69, 9.17) is 4.74 Å². The number of aromatic nitrogens is 4. The smallest absolute Gasteiger partial charge is 0.267 e. The number of fused-ring (bicyclic) bond motifs is 1. The number of carbonyl (C=O) groups is 1. The van der Waals surface area contributed by atoms with E-state index in [1.165, 1.54) is 21.6 Å². The van der Waals surface area contributed by atoms with E-state index in [-0.39, 0.29) is 30.1 Å². The van der Waals surface area contributed by atoms with Gasteiger partial charge in [-0.3, -0.25) is 19.0 Å². The lowest BCUT2D eigenvalue weighted by Gasteiger charge is -2.15. The molecule has 0 saturated carbocycles. The second-order valence-electron chi connectivity index (χ2n) is 7.75. The van der Waals surface area contributed by atoms with Gasteiger partial charge in [0.05, 0.1) is 24.8 Å². The van der Waals surface area contributed by atoms with Crippen molar-refractivity contribution < 1.29 is 9.53 Å². The van der Waals surface area contributed by atoms with Crippen LogP contribution in [0.4, 0.5) is 0 Å². The van der Waals surface area contributed by atoms with Gasteiger partial charge in [-0.1, -0.05) is 0 Å². The zero-order valence-corrected chi connectivity index (χ0v) is 18.1. The molecule has 9 nitrogen and oxygen atoms in total. The van der Waals surface area contributed by atoms with Crippen molar-refractivity contribution in [3.63, 3.8) is 0 Å². The zero-order valence-electron chi connectivity index (χ0n) is 18.1. The quantitative estimate of drug-likeness (QED) is 0.600. The van der Waals surface area contributed by atoms with E-state index >= 15 is 0 Å².